The van der Waals surface area contributed by atoms with Gasteiger partial charge in [-0.15, -0.1) is 0 Å². The molecule has 3 heterocycles. The van der Waals surface area contributed by atoms with E-state index in [0.29, 0.717) is 31.0 Å². The lowest BCUT2D eigenvalue weighted by Crippen LogP contribution is -2.27. The Kier molecular flexibility index (Phi) is 6.53. The van der Waals surface area contributed by atoms with Crippen molar-refractivity contribution in [3.8, 4) is 0 Å². The van der Waals surface area contributed by atoms with Crippen LogP contribution < -0.4 is 0 Å². The first-order chi connectivity index (χ1) is 13.9. The molecule has 1 fully saturated rings. The lowest BCUT2D eigenvalue weighted by Gasteiger charge is -2.14. The predicted molar refractivity (Wildman–Crippen MR) is 103 cm³/mol. The molecule has 0 spiro atoms. The van der Waals surface area contributed by atoms with Crippen molar-refractivity contribution in [3.05, 3.63) is 47.2 Å². The van der Waals surface area contributed by atoms with Crippen LogP contribution in [-0.4, -0.2) is 54.0 Å². The summed E-state index contributed by atoms with van der Waals surface area (Å²) in [5.41, 5.74) is 2.30. The Balaban J connectivity index is 1.54. The van der Waals surface area contributed by atoms with Gasteiger partial charge in [0.25, 0.3) is 0 Å². The Morgan fingerprint density at radius 3 is 2.79 bits per heavy atom. The molecule has 29 heavy (non-hydrogen) atoms. The van der Waals surface area contributed by atoms with Crippen molar-refractivity contribution >= 4 is 17.7 Å². The van der Waals surface area contributed by atoms with E-state index in [-0.39, 0.29) is 31.3 Å². The van der Waals surface area contributed by atoms with Crippen LogP contribution in [0.4, 0.5) is 0 Å². The molecule has 3 rings (SSSR count). The van der Waals surface area contributed by atoms with Crippen LogP contribution in [-0.2, 0) is 32.2 Å². The second kappa shape index (κ2) is 9.09. The lowest BCUT2D eigenvalue weighted by atomic mass is 10.1. The average molecular weight is 402 g/mol. The first-order valence-corrected chi connectivity index (χ1v) is 9.56. The maximum absolute atomic E-state index is 12.6. The summed E-state index contributed by atoms with van der Waals surface area (Å²) >= 11 is 0. The van der Waals surface area contributed by atoms with Gasteiger partial charge in [0.05, 0.1) is 25.3 Å². The minimum absolute atomic E-state index is 0.0826. The highest BCUT2D eigenvalue weighted by Gasteiger charge is 2.36. The Labute approximate surface area is 169 Å². The molecule has 8 heteroatoms. The summed E-state index contributed by atoms with van der Waals surface area (Å²) in [5.74, 6) is -0.823. The van der Waals surface area contributed by atoms with E-state index in [0.717, 1.165) is 11.4 Å². The summed E-state index contributed by atoms with van der Waals surface area (Å²) in [7, 11) is 1.63. The number of Topliss-reactive ketones (excluding diaryl/α,β-unsaturated/α-hetero) is 1. The highest BCUT2D eigenvalue weighted by molar-refractivity contribution is 5.99. The Bertz CT molecular complexity index is 883. The lowest BCUT2D eigenvalue weighted by molar-refractivity contribution is -0.147. The molecule has 1 aliphatic heterocycles. The minimum Gasteiger partial charge on any atom is -0.467 e. The van der Waals surface area contributed by atoms with Crippen LogP contribution in [0.2, 0.25) is 0 Å². The molecule has 0 aromatic carbocycles. The number of rotatable bonds is 9. The maximum Gasteiger partial charge on any atom is 0.311 e. The Morgan fingerprint density at radius 2 is 2.10 bits per heavy atom. The molecule has 0 saturated carbocycles. The SMILES string of the molecule is COCCn1c(C)cc(C(=O)COC(=O)[C@@H]2CC(=O)N(Cc3ccco3)C2)c1C. The molecule has 2 aromatic heterocycles. The van der Waals surface area contributed by atoms with Crippen LogP contribution in [0.1, 0.15) is 33.9 Å². The van der Waals surface area contributed by atoms with E-state index in [4.69, 9.17) is 13.9 Å². The van der Waals surface area contributed by atoms with Gasteiger partial charge in [0.2, 0.25) is 11.7 Å². The van der Waals surface area contributed by atoms with Crippen molar-refractivity contribution < 1.29 is 28.3 Å². The third kappa shape index (κ3) is 4.76. The number of carbonyl (C=O) groups excluding carboxylic acids is 3. The van der Waals surface area contributed by atoms with E-state index < -0.39 is 11.9 Å². The van der Waals surface area contributed by atoms with E-state index in [2.05, 4.69) is 0 Å². The van der Waals surface area contributed by atoms with Crippen molar-refractivity contribution in [1.29, 1.82) is 0 Å². The van der Waals surface area contributed by atoms with Crippen LogP contribution in [0.5, 0.6) is 0 Å². The molecule has 0 unspecified atom stereocenters. The van der Waals surface area contributed by atoms with Gasteiger partial charge in [0, 0.05) is 43.6 Å². The van der Waals surface area contributed by atoms with Gasteiger partial charge in [-0.2, -0.15) is 0 Å². The van der Waals surface area contributed by atoms with E-state index in [1.165, 1.54) is 0 Å². The zero-order valence-electron chi connectivity index (χ0n) is 17.0. The van der Waals surface area contributed by atoms with Gasteiger partial charge in [0.15, 0.2) is 6.61 Å². The van der Waals surface area contributed by atoms with Crippen LogP contribution in [0.15, 0.2) is 28.9 Å². The maximum atomic E-state index is 12.6. The van der Waals surface area contributed by atoms with E-state index >= 15 is 0 Å². The zero-order valence-corrected chi connectivity index (χ0v) is 17.0. The standard InChI is InChI=1S/C21H26N2O6/c1-14-9-18(15(2)23(14)6-8-27-3)19(24)13-29-21(26)16-10-20(25)22(11-16)12-17-5-4-7-28-17/h4-5,7,9,16H,6,8,10-13H2,1-3H3/t16-/m1/s1. The smallest absolute Gasteiger partial charge is 0.311 e. The Hall–Kier alpha value is -2.87. The fourth-order valence-corrected chi connectivity index (χ4v) is 3.62. The quantitative estimate of drug-likeness (QED) is 0.471. The summed E-state index contributed by atoms with van der Waals surface area (Å²) in [4.78, 5) is 38.6. The van der Waals surface area contributed by atoms with Gasteiger partial charge in [-0.05, 0) is 32.0 Å². The van der Waals surface area contributed by atoms with Crippen molar-refractivity contribution in [2.24, 2.45) is 5.92 Å². The summed E-state index contributed by atoms with van der Waals surface area (Å²) in [5, 5.41) is 0. The Morgan fingerprint density at radius 1 is 1.31 bits per heavy atom. The number of furan rings is 1. The molecule has 0 aliphatic carbocycles. The molecule has 1 amide bonds. The summed E-state index contributed by atoms with van der Waals surface area (Å²) in [6.07, 6.45) is 1.62. The zero-order chi connectivity index (χ0) is 21.0. The third-order valence-electron chi connectivity index (χ3n) is 5.21. The highest BCUT2D eigenvalue weighted by atomic mass is 16.5. The second-order valence-electron chi connectivity index (χ2n) is 7.21. The molecule has 8 nitrogen and oxygen atoms in total. The van der Waals surface area contributed by atoms with Crippen LogP contribution in [0, 0.1) is 19.8 Å². The highest BCUT2D eigenvalue weighted by Crippen LogP contribution is 2.22. The number of nitrogens with zero attached hydrogens (tertiary/aromatic N) is 2. The van der Waals surface area contributed by atoms with Crippen molar-refractivity contribution in [2.75, 3.05) is 26.9 Å². The van der Waals surface area contributed by atoms with Gasteiger partial charge < -0.3 is 23.4 Å². The van der Waals surface area contributed by atoms with Gasteiger partial charge >= 0.3 is 5.97 Å². The number of carbonyl (C=O) groups is 3. The number of aryl methyl sites for hydroxylation is 1. The first kappa shape index (κ1) is 20.9. The van der Waals surface area contributed by atoms with E-state index in [9.17, 15) is 14.4 Å². The number of hydrogen-bond acceptors (Lipinski definition) is 6. The van der Waals surface area contributed by atoms with Crippen LogP contribution in [0.25, 0.3) is 0 Å². The second-order valence-corrected chi connectivity index (χ2v) is 7.21. The van der Waals surface area contributed by atoms with Crippen molar-refractivity contribution in [3.63, 3.8) is 0 Å². The van der Waals surface area contributed by atoms with E-state index in [1.807, 2.05) is 18.4 Å². The number of ether oxygens (including phenoxy) is 2. The number of aromatic nitrogens is 1. The summed E-state index contributed by atoms with van der Waals surface area (Å²) in [6, 6.07) is 5.32. The third-order valence-corrected chi connectivity index (χ3v) is 5.21. The van der Waals surface area contributed by atoms with E-state index in [1.54, 1.807) is 36.5 Å². The molecule has 1 saturated heterocycles. The number of ketones is 1. The molecule has 0 bridgehead atoms. The normalized spacial score (nSPS) is 16.4. The van der Waals surface area contributed by atoms with Crippen LogP contribution in [0.3, 0.4) is 0 Å². The molecule has 0 radical (unpaired) electrons. The van der Waals surface area contributed by atoms with Gasteiger partial charge in [-0.25, -0.2) is 0 Å². The van der Waals surface area contributed by atoms with Crippen molar-refractivity contribution in [1.82, 2.24) is 9.47 Å². The fourth-order valence-electron chi connectivity index (χ4n) is 3.62. The molecule has 1 atom stereocenters. The molecule has 156 valence electrons. The van der Waals surface area contributed by atoms with Crippen molar-refractivity contribution in [2.45, 2.75) is 33.4 Å². The number of esters is 1. The molecule has 0 N–H and O–H groups in total. The minimum atomic E-state index is -0.570. The topological polar surface area (TPSA) is 91.0 Å². The number of amides is 1. The summed E-state index contributed by atoms with van der Waals surface area (Å²) < 4.78 is 17.6. The summed E-state index contributed by atoms with van der Waals surface area (Å²) in [6.45, 7) is 5.22. The predicted octanol–water partition coefficient (Wildman–Crippen LogP) is 2.12. The van der Waals surface area contributed by atoms with Gasteiger partial charge in [-0.3, -0.25) is 14.4 Å². The fraction of sp³-hybridized carbons (Fsp3) is 0.476. The van der Waals surface area contributed by atoms with Gasteiger partial charge in [0.1, 0.15) is 5.76 Å². The largest absolute Gasteiger partial charge is 0.467 e. The molecular formula is C21H26N2O6. The molecular weight excluding hydrogens is 376 g/mol. The monoisotopic (exact) mass is 402 g/mol. The number of likely N-dealkylation sites (tertiary alicyclic amines) is 1. The van der Waals surface area contributed by atoms with Gasteiger partial charge in [-0.1, -0.05) is 0 Å². The first-order valence-electron chi connectivity index (χ1n) is 9.56. The average Bonchev–Trinajstić information content (AvgIpc) is 3.40. The molecule has 2 aromatic rings. The van der Waals surface area contributed by atoms with Crippen LogP contribution >= 0.6 is 0 Å². The number of methoxy groups -OCH3 is 1. The number of hydrogen-bond donors (Lipinski definition) is 0. The molecule has 1 aliphatic rings.